The average Bonchev–Trinajstić information content (AvgIpc) is 2.28. The van der Waals surface area contributed by atoms with E-state index in [4.69, 9.17) is 11.6 Å². The molecule has 3 nitrogen and oxygen atoms in total. The summed E-state index contributed by atoms with van der Waals surface area (Å²) in [6, 6.07) is 4.76. The predicted octanol–water partition coefficient (Wildman–Crippen LogP) is 3.09. The number of rotatable bonds is 4. The zero-order chi connectivity index (χ0) is 12.1. The van der Waals surface area contributed by atoms with Gasteiger partial charge in [-0.25, -0.2) is 4.79 Å². The Bertz CT molecular complexity index is 418. The SMILES string of the molecule is COC(=O)c1c(Cl)cccc1C(=O)CCBr. The number of alkyl halides is 1. The van der Waals surface area contributed by atoms with E-state index in [-0.39, 0.29) is 16.4 Å². The van der Waals surface area contributed by atoms with Gasteiger partial charge in [0.05, 0.1) is 17.7 Å². The second-order valence-corrected chi connectivity index (χ2v) is 4.22. The number of hydrogen-bond donors (Lipinski definition) is 0. The van der Waals surface area contributed by atoms with E-state index >= 15 is 0 Å². The Balaban J connectivity index is 3.22. The molecule has 0 aliphatic heterocycles. The molecule has 0 aromatic heterocycles. The van der Waals surface area contributed by atoms with Gasteiger partial charge in [-0.15, -0.1) is 0 Å². The Morgan fingerprint density at radius 2 is 2.12 bits per heavy atom. The van der Waals surface area contributed by atoms with Gasteiger partial charge in [-0.2, -0.15) is 0 Å². The predicted molar refractivity (Wildman–Crippen MR) is 65.5 cm³/mol. The Kier molecular flexibility index (Phi) is 4.96. The van der Waals surface area contributed by atoms with Gasteiger partial charge in [0.2, 0.25) is 0 Å². The van der Waals surface area contributed by atoms with Crippen LogP contribution in [0.3, 0.4) is 0 Å². The van der Waals surface area contributed by atoms with Crippen LogP contribution in [0.15, 0.2) is 18.2 Å². The highest BCUT2D eigenvalue weighted by Crippen LogP contribution is 2.22. The zero-order valence-electron chi connectivity index (χ0n) is 8.63. The second kappa shape index (κ2) is 6.01. The minimum atomic E-state index is -0.594. The van der Waals surface area contributed by atoms with Gasteiger partial charge in [0.15, 0.2) is 5.78 Å². The molecule has 0 amide bonds. The van der Waals surface area contributed by atoms with Gasteiger partial charge in [-0.3, -0.25) is 4.79 Å². The lowest BCUT2D eigenvalue weighted by Crippen LogP contribution is -2.11. The molecule has 0 aliphatic rings. The fraction of sp³-hybridized carbons (Fsp3) is 0.273. The van der Waals surface area contributed by atoms with Gasteiger partial charge in [0, 0.05) is 17.3 Å². The van der Waals surface area contributed by atoms with Crippen LogP contribution in [0.5, 0.6) is 0 Å². The Morgan fingerprint density at radius 3 is 2.69 bits per heavy atom. The van der Waals surface area contributed by atoms with Crippen molar-refractivity contribution in [3.8, 4) is 0 Å². The van der Waals surface area contributed by atoms with Crippen LogP contribution in [0, 0.1) is 0 Å². The number of halogens is 2. The number of ether oxygens (including phenoxy) is 1. The van der Waals surface area contributed by atoms with Crippen molar-refractivity contribution in [2.75, 3.05) is 12.4 Å². The van der Waals surface area contributed by atoms with E-state index in [9.17, 15) is 9.59 Å². The van der Waals surface area contributed by atoms with Gasteiger partial charge in [0.25, 0.3) is 0 Å². The Hall–Kier alpha value is -0.870. The summed E-state index contributed by atoms with van der Waals surface area (Å²) in [6.07, 6.45) is 0.310. The lowest BCUT2D eigenvalue weighted by molar-refractivity contribution is 0.0597. The highest BCUT2D eigenvalue weighted by Gasteiger charge is 2.19. The van der Waals surface area contributed by atoms with Crippen molar-refractivity contribution < 1.29 is 14.3 Å². The fourth-order valence-corrected chi connectivity index (χ4v) is 1.90. The normalized spacial score (nSPS) is 9.94. The zero-order valence-corrected chi connectivity index (χ0v) is 11.0. The maximum atomic E-state index is 11.7. The number of esters is 1. The number of methoxy groups -OCH3 is 1. The summed E-state index contributed by atoms with van der Waals surface area (Å²) in [5.74, 6) is -0.733. The molecule has 86 valence electrons. The molecule has 0 unspecified atom stereocenters. The lowest BCUT2D eigenvalue weighted by Gasteiger charge is -2.07. The quantitative estimate of drug-likeness (QED) is 0.488. The lowest BCUT2D eigenvalue weighted by atomic mass is 10.0. The van der Waals surface area contributed by atoms with Gasteiger partial charge in [-0.05, 0) is 6.07 Å². The summed E-state index contributed by atoms with van der Waals surface area (Å²) in [6.45, 7) is 0. The first-order valence-electron chi connectivity index (χ1n) is 4.57. The first-order valence-corrected chi connectivity index (χ1v) is 6.07. The van der Waals surface area contributed by atoms with Crippen molar-refractivity contribution >= 4 is 39.3 Å². The van der Waals surface area contributed by atoms with E-state index in [1.165, 1.54) is 7.11 Å². The summed E-state index contributed by atoms with van der Waals surface area (Å²) in [5.41, 5.74) is 0.441. The maximum absolute atomic E-state index is 11.7. The standard InChI is InChI=1S/C11H10BrClO3/c1-16-11(15)10-7(9(14)5-6-12)3-2-4-8(10)13/h2-4H,5-6H2,1H3. The third kappa shape index (κ3) is 2.83. The van der Waals surface area contributed by atoms with Crippen LogP contribution >= 0.6 is 27.5 Å². The molecular formula is C11H10BrClO3. The third-order valence-electron chi connectivity index (χ3n) is 2.03. The first kappa shape index (κ1) is 13.2. The van der Waals surface area contributed by atoms with Crippen molar-refractivity contribution in [2.24, 2.45) is 0 Å². The van der Waals surface area contributed by atoms with Gasteiger partial charge < -0.3 is 4.74 Å². The summed E-state index contributed by atoms with van der Waals surface area (Å²) in [5, 5.41) is 0.770. The number of carbonyl (C=O) groups excluding carboxylic acids is 2. The molecule has 0 radical (unpaired) electrons. The molecule has 0 bridgehead atoms. The molecule has 1 aromatic carbocycles. The summed E-state index contributed by atoms with van der Waals surface area (Å²) in [4.78, 5) is 23.2. The van der Waals surface area contributed by atoms with E-state index in [0.717, 1.165) is 0 Å². The summed E-state index contributed by atoms with van der Waals surface area (Å²) in [7, 11) is 1.25. The Labute approximate surface area is 107 Å². The number of benzene rings is 1. The van der Waals surface area contributed by atoms with Crippen molar-refractivity contribution in [3.05, 3.63) is 34.3 Å². The van der Waals surface area contributed by atoms with Crippen LogP contribution < -0.4 is 0 Å². The van der Waals surface area contributed by atoms with Crippen LogP contribution in [0.4, 0.5) is 0 Å². The van der Waals surface area contributed by atoms with Crippen LogP contribution in [0.2, 0.25) is 5.02 Å². The van der Waals surface area contributed by atoms with Crippen molar-refractivity contribution in [2.45, 2.75) is 6.42 Å². The molecule has 0 spiro atoms. The van der Waals surface area contributed by atoms with Crippen molar-refractivity contribution in [1.29, 1.82) is 0 Å². The van der Waals surface area contributed by atoms with Gasteiger partial charge in [-0.1, -0.05) is 39.7 Å². The summed E-state index contributed by atoms with van der Waals surface area (Å²) >= 11 is 9.06. The maximum Gasteiger partial charge on any atom is 0.340 e. The second-order valence-electron chi connectivity index (χ2n) is 3.02. The number of carbonyl (C=O) groups is 2. The molecule has 0 N–H and O–H groups in total. The molecule has 5 heteroatoms. The van der Waals surface area contributed by atoms with Crippen LogP contribution in [-0.2, 0) is 4.74 Å². The molecular weight excluding hydrogens is 295 g/mol. The van der Waals surface area contributed by atoms with E-state index in [1.54, 1.807) is 18.2 Å². The minimum absolute atomic E-state index is 0.137. The topological polar surface area (TPSA) is 43.4 Å². The molecule has 1 aromatic rings. The largest absolute Gasteiger partial charge is 0.465 e. The number of Topliss-reactive ketones (excluding diaryl/α,β-unsaturated/α-hetero) is 1. The molecule has 1 rings (SSSR count). The number of ketones is 1. The molecule has 0 aliphatic carbocycles. The monoisotopic (exact) mass is 304 g/mol. The van der Waals surface area contributed by atoms with Crippen LogP contribution in [-0.4, -0.2) is 24.2 Å². The van der Waals surface area contributed by atoms with E-state index in [0.29, 0.717) is 17.3 Å². The highest BCUT2D eigenvalue weighted by atomic mass is 79.9. The molecule has 0 fully saturated rings. The molecule has 0 atom stereocenters. The number of hydrogen-bond acceptors (Lipinski definition) is 3. The van der Waals surface area contributed by atoms with Gasteiger partial charge >= 0.3 is 5.97 Å². The van der Waals surface area contributed by atoms with Crippen LogP contribution in [0.25, 0.3) is 0 Å². The van der Waals surface area contributed by atoms with Crippen LogP contribution in [0.1, 0.15) is 27.1 Å². The van der Waals surface area contributed by atoms with Crippen molar-refractivity contribution in [1.82, 2.24) is 0 Å². The summed E-state index contributed by atoms with van der Waals surface area (Å²) < 4.78 is 4.60. The third-order valence-corrected chi connectivity index (χ3v) is 2.74. The molecule has 0 saturated carbocycles. The first-order chi connectivity index (χ1) is 7.61. The fourth-order valence-electron chi connectivity index (χ4n) is 1.29. The molecule has 16 heavy (non-hydrogen) atoms. The minimum Gasteiger partial charge on any atom is -0.465 e. The molecule has 0 saturated heterocycles. The highest BCUT2D eigenvalue weighted by molar-refractivity contribution is 9.09. The van der Waals surface area contributed by atoms with E-state index in [2.05, 4.69) is 20.7 Å². The average molecular weight is 306 g/mol. The Morgan fingerprint density at radius 1 is 1.44 bits per heavy atom. The smallest absolute Gasteiger partial charge is 0.340 e. The van der Waals surface area contributed by atoms with Gasteiger partial charge in [0.1, 0.15) is 0 Å². The molecule has 0 heterocycles. The van der Waals surface area contributed by atoms with E-state index < -0.39 is 5.97 Å². The van der Waals surface area contributed by atoms with E-state index in [1.807, 2.05) is 0 Å². The van der Waals surface area contributed by atoms with Crippen molar-refractivity contribution in [3.63, 3.8) is 0 Å².